The van der Waals surface area contributed by atoms with E-state index in [0.717, 1.165) is 31.2 Å². The Bertz CT molecular complexity index is 713. The van der Waals surface area contributed by atoms with Crippen molar-refractivity contribution >= 4 is 17.7 Å². The van der Waals surface area contributed by atoms with Gasteiger partial charge in [-0.15, -0.1) is 0 Å². The number of para-hydroxylation sites is 1. The maximum absolute atomic E-state index is 12.0. The van der Waals surface area contributed by atoms with Crippen LogP contribution in [0.3, 0.4) is 0 Å². The predicted octanol–water partition coefficient (Wildman–Crippen LogP) is 5.12. The van der Waals surface area contributed by atoms with Gasteiger partial charge in [-0.25, -0.2) is 9.59 Å². The third-order valence-corrected chi connectivity index (χ3v) is 3.85. The number of aromatic carboxylic acids is 1. The number of benzene rings is 2. The summed E-state index contributed by atoms with van der Waals surface area (Å²) in [5.74, 6) is -0.659. The Hall–Kier alpha value is -2.82. The Morgan fingerprint density at radius 2 is 1.76 bits per heavy atom. The number of aryl methyl sites for hydroxylation is 1. The van der Waals surface area contributed by atoms with Crippen molar-refractivity contribution in [3.05, 3.63) is 59.7 Å². The van der Waals surface area contributed by atoms with E-state index in [2.05, 4.69) is 12.2 Å². The minimum absolute atomic E-state index is 0.129. The number of carboxylic acid groups (broad SMARTS) is 1. The number of hydrogen-bond acceptors (Lipinski definition) is 3. The molecule has 0 radical (unpaired) electrons. The van der Waals surface area contributed by atoms with Crippen LogP contribution in [0.5, 0.6) is 5.75 Å². The Morgan fingerprint density at radius 1 is 1.00 bits per heavy atom. The largest absolute Gasteiger partial charge is 0.478 e. The number of unbranched alkanes of at least 4 members (excludes halogenated alkanes) is 3. The molecule has 2 N–H and O–H groups in total. The van der Waals surface area contributed by atoms with Crippen LogP contribution in [0.2, 0.25) is 0 Å². The Morgan fingerprint density at radius 3 is 2.44 bits per heavy atom. The zero-order valence-electron chi connectivity index (χ0n) is 14.3. The number of carboxylic acids is 1. The first-order valence-corrected chi connectivity index (χ1v) is 8.51. The number of nitrogens with one attached hydrogen (secondary N) is 1. The van der Waals surface area contributed by atoms with Gasteiger partial charge < -0.3 is 9.84 Å². The zero-order valence-corrected chi connectivity index (χ0v) is 14.3. The first kappa shape index (κ1) is 18.5. The highest BCUT2D eigenvalue weighted by Gasteiger charge is 2.17. The summed E-state index contributed by atoms with van der Waals surface area (Å²) in [6.07, 6.45) is 4.19. The van der Waals surface area contributed by atoms with Crippen molar-refractivity contribution in [1.82, 2.24) is 0 Å². The Labute approximate surface area is 147 Å². The molecule has 5 nitrogen and oxygen atoms in total. The van der Waals surface area contributed by atoms with E-state index in [-0.39, 0.29) is 11.3 Å². The highest BCUT2D eigenvalue weighted by atomic mass is 16.6. The molecule has 0 unspecified atom stereocenters. The third-order valence-electron chi connectivity index (χ3n) is 3.85. The van der Waals surface area contributed by atoms with Crippen LogP contribution in [0.25, 0.3) is 0 Å². The predicted molar refractivity (Wildman–Crippen MR) is 97.3 cm³/mol. The first-order valence-electron chi connectivity index (χ1n) is 8.51. The van der Waals surface area contributed by atoms with E-state index in [9.17, 15) is 14.7 Å². The number of rotatable bonds is 8. The summed E-state index contributed by atoms with van der Waals surface area (Å²) in [5, 5.41) is 12.1. The number of carbonyl (C=O) groups excluding carboxylic acids is 1. The lowest BCUT2D eigenvalue weighted by Gasteiger charge is -2.13. The standard InChI is InChI=1S/C20H23NO4/c1-2-3-4-6-10-15-11-9-14-17(18(15)19(22)23)21-20(24)25-16-12-7-5-8-13-16/h5,7-9,11-14H,2-4,6,10H2,1H3,(H,21,24)(H,22,23). The molecule has 1 amide bonds. The van der Waals surface area contributed by atoms with Gasteiger partial charge in [0.15, 0.2) is 0 Å². The molecular formula is C20H23NO4. The van der Waals surface area contributed by atoms with Gasteiger partial charge in [-0.1, -0.05) is 56.5 Å². The maximum Gasteiger partial charge on any atom is 0.417 e. The van der Waals surface area contributed by atoms with Crippen LogP contribution in [0.15, 0.2) is 48.5 Å². The van der Waals surface area contributed by atoms with Crippen molar-refractivity contribution in [2.45, 2.75) is 39.0 Å². The van der Waals surface area contributed by atoms with Crippen LogP contribution in [-0.2, 0) is 6.42 Å². The molecule has 2 aromatic rings. The number of anilines is 1. The molecule has 0 saturated carbocycles. The molecule has 0 aliphatic carbocycles. The van der Waals surface area contributed by atoms with Gasteiger partial charge >= 0.3 is 12.1 Å². The monoisotopic (exact) mass is 341 g/mol. The lowest BCUT2D eigenvalue weighted by molar-refractivity contribution is 0.0697. The molecule has 132 valence electrons. The fraction of sp³-hybridized carbons (Fsp3) is 0.300. The second-order valence-corrected chi connectivity index (χ2v) is 5.78. The summed E-state index contributed by atoms with van der Waals surface area (Å²) in [6, 6.07) is 13.7. The molecule has 2 aromatic carbocycles. The molecular weight excluding hydrogens is 318 g/mol. The lowest BCUT2D eigenvalue weighted by Crippen LogP contribution is -2.19. The summed E-state index contributed by atoms with van der Waals surface area (Å²) in [5.41, 5.74) is 1.10. The molecule has 0 bridgehead atoms. The minimum Gasteiger partial charge on any atom is -0.478 e. The first-order chi connectivity index (χ1) is 12.1. The summed E-state index contributed by atoms with van der Waals surface area (Å²) in [6.45, 7) is 2.13. The van der Waals surface area contributed by atoms with Crippen LogP contribution in [0.1, 0.15) is 48.5 Å². The molecule has 0 atom stereocenters. The third kappa shape index (κ3) is 5.64. The van der Waals surface area contributed by atoms with Gasteiger partial charge in [0, 0.05) is 0 Å². The molecule has 0 aliphatic rings. The topological polar surface area (TPSA) is 75.6 Å². The van der Waals surface area contributed by atoms with Crippen molar-refractivity contribution in [2.24, 2.45) is 0 Å². The molecule has 0 heterocycles. The highest BCUT2D eigenvalue weighted by Crippen LogP contribution is 2.23. The zero-order chi connectivity index (χ0) is 18.1. The van der Waals surface area contributed by atoms with Gasteiger partial charge in [-0.2, -0.15) is 0 Å². The van der Waals surface area contributed by atoms with E-state index in [1.165, 1.54) is 0 Å². The molecule has 0 aromatic heterocycles. The van der Waals surface area contributed by atoms with E-state index >= 15 is 0 Å². The summed E-state index contributed by atoms with van der Waals surface area (Å²) in [4.78, 5) is 23.7. The van der Waals surface area contributed by atoms with E-state index in [0.29, 0.717) is 12.2 Å². The van der Waals surface area contributed by atoms with Crippen LogP contribution in [0.4, 0.5) is 10.5 Å². The fourth-order valence-electron chi connectivity index (χ4n) is 2.64. The van der Waals surface area contributed by atoms with Crippen molar-refractivity contribution in [3.63, 3.8) is 0 Å². The number of carbonyl (C=O) groups is 2. The summed E-state index contributed by atoms with van der Waals surface area (Å²) < 4.78 is 5.16. The molecule has 5 heteroatoms. The van der Waals surface area contributed by atoms with Gasteiger partial charge in [0.1, 0.15) is 5.75 Å². The Balaban J connectivity index is 2.11. The van der Waals surface area contributed by atoms with Crippen LogP contribution >= 0.6 is 0 Å². The second kappa shape index (κ2) is 9.47. The molecule has 0 aliphatic heterocycles. The van der Waals surface area contributed by atoms with Crippen molar-refractivity contribution < 1.29 is 19.4 Å². The smallest absolute Gasteiger partial charge is 0.417 e. The molecule has 0 spiro atoms. The quantitative estimate of drug-likeness (QED) is 0.654. The summed E-state index contributed by atoms with van der Waals surface area (Å²) >= 11 is 0. The Kier molecular flexibility index (Phi) is 7.01. The van der Waals surface area contributed by atoms with E-state index in [1.54, 1.807) is 42.5 Å². The fourth-order valence-corrected chi connectivity index (χ4v) is 2.64. The van der Waals surface area contributed by atoms with Gasteiger partial charge in [0.2, 0.25) is 0 Å². The van der Waals surface area contributed by atoms with E-state index in [1.807, 2.05) is 6.07 Å². The van der Waals surface area contributed by atoms with Gasteiger partial charge in [0.05, 0.1) is 11.3 Å². The number of hydrogen-bond donors (Lipinski definition) is 2. The van der Waals surface area contributed by atoms with Crippen molar-refractivity contribution in [1.29, 1.82) is 0 Å². The van der Waals surface area contributed by atoms with Crippen molar-refractivity contribution in [2.75, 3.05) is 5.32 Å². The second-order valence-electron chi connectivity index (χ2n) is 5.78. The SMILES string of the molecule is CCCCCCc1cccc(NC(=O)Oc2ccccc2)c1C(=O)O. The average molecular weight is 341 g/mol. The van der Waals surface area contributed by atoms with E-state index < -0.39 is 12.1 Å². The maximum atomic E-state index is 12.0. The van der Waals surface area contributed by atoms with Crippen LogP contribution in [-0.4, -0.2) is 17.2 Å². The van der Waals surface area contributed by atoms with Crippen LogP contribution < -0.4 is 10.1 Å². The minimum atomic E-state index is -1.05. The lowest BCUT2D eigenvalue weighted by atomic mass is 9.99. The number of ether oxygens (including phenoxy) is 1. The molecule has 0 fully saturated rings. The normalized spacial score (nSPS) is 10.3. The van der Waals surface area contributed by atoms with Gasteiger partial charge in [-0.05, 0) is 36.6 Å². The molecule has 0 saturated heterocycles. The molecule has 2 rings (SSSR count). The summed E-state index contributed by atoms with van der Waals surface area (Å²) in [7, 11) is 0. The van der Waals surface area contributed by atoms with Gasteiger partial charge in [-0.3, -0.25) is 5.32 Å². The molecule has 25 heavy (non-hydrogen) atoms. The van der Waals surface area contributed by atoms with Gasteiger partial charge in [0.25, 0.3) is 0 Å². The highest BCUT2D eigenvalue weighted by molar-refractivity contribution is 6.00. The van der Waals surface area contributed by atoms with Crippen LogP contribution in [0, 0.1) is 0 Å². The van der Waals surface area contributed by atoms with Crippen molar-refractivity contribution in [3.8, 4) is 5.75 Å². The average Bonchev–Trinajstić information content (AvgIpc) is 2.59. The number of amides is 1. The van der Waals surface area contributed by atoms with E-state index in [4.69, 9.17) is 4.74 Å².